The summed E-state index contributed by atoms with van der Waals surface area (Å²) in [5, 5.41) is 0. The van der Waals surface area contributed by atoms with E-state index in [0.717, 1.165) is 5.56 Å². The van der Waals surface area contributed by atoms with Crippen molar-refractivity contribution in [3.63, 3.8) is 0 Å². The smallest absolute Gasteiger partial charge is 0.359 e. The Morgan fingerprint density at radius 1 is 1.25 bits per heavy atom. The molecule has 0 spiro atoms. The Hall–Kier alpha value is -2.69. The Labute approximate surface area is 115 Å². The molecule has 0 radical (unpaired) electrons. The molecule has 0 atom stereocenters. The zero-order valence-corrected chi connectivity index (χ0v) is 11.0. The highest BCUT2D eigenvalue weighted by Gasteiger charge is 2.21. The third-order valence-corrected chi connectivity index (χ3v) is 2.92. The van der Waals surface area contributed by atoms with Gasteiger partial charge in [0.25, 0.3) is 0 Å². The number of esters is 1. The van der Waals surface area contributed by atoms with Gasteiger partial charge < -0.3 is 4.74 Å². The summed E-state index contributed by atoms with van der Waals surface area (Å²) in [4.78, 5) is 20.5. The molecule has 0 unspecified atom stereocenters. The fourth-order valence-corrected chi connectivity index (χ4v) is 2.10. The lowest BCUT2D eigenvalue weighted by Crippen LogP contribution is -2.07. The van der Waals surface area contributed by atoms with Crippen LogP contribution in [0, 0.1) is 0 Å². The Morgan fingerprint density at radius 2 is 2.05 bits per heavy atom. The fraction of sp³-hybridized carbons (Fsp3) is 0.133. The monoisotopic (exact) mass is 267 g/mol. The van der Waals surface area contributed by atoms with Crippen LogP contribution >= 0.6 is 0 Å². The van der Waals surface area contributed by atoms with Gasteiger partial charge in [0.05, 0.1) is 12.3 Å². The average Bonchev–Trinajstić information content (AvgIpc) is 2.88. The predicted molar refractivity (Wildman–Crippen MR) is 74.4 cm³/mol. The normalized spacial score (nSPS) is 10.7. The first-order valence-electron chi connectivity index (χ1n) is 6.37. The van der Waals surface area contributed by atoms with Crippen molar-refractivity contribution in [2.24, 2.45) is 0 Å². The molecule has 5 heteroatoms. The van der Waals surface area contributed by atoms with Gasteiger partial charge >= 0.3 is 5.97 Å². The van der Waals surface area contributed by atoms with Crippen molar-refractivity contribution in [3.05, 3.63) is 54.5 Å². The third-order valence-electron chi connectivity index (χ3n) is 2.92. The van der Waals surface area contributed by atoms with Crippen molar-refractivity contribution in [2.75, 3.05) is 6.61 Å². The van der Waals surface area contributed by atoms with E-state index in [1.54, 1.807) is 23.6 Å². The number of carbonyl (C=O) groups excluding carboxylic acids is 1. The maximum atomic E-state index is 12.1. The minimum absolute atomic E-state index is 0.289. The second-order valence-electron chi connectivity index (χ2n) is 4.19. The summed E-state index contributed by atoms with van der Waals surface area (Å²) in [6.07, 6.45) is 3.48. The number of rotatable bonds is 3. The van der Waals surface area contributed by atoms with Crippen molar-refractivity contribution in [2.45, 2.75) is 6.92 Å². The number of aromatic nitrogens is 3. The highest BCUT2D eigenvalue weighted by Crippen LogP contribution is 2.24. The fourth-order valence-electron chi connectivity index (χ4n) is 2.10. The van der Waals surface area contributed by atoms with Gasteiger partial charge in [-0.25, -0.2) is 14.8 Å². The first-order valence-corrected chi connectivity index (χ1v) is 6.37. The zero-order valence-electron chi connectivity index (χ0n) is 11.0. The van der Waals surface area contributed by atoms with Crippen molar-refractivity contribution >= 4 is 11.7 Å². The summed E-state index contributed by atoms with van der Waals surface area (Å²) < 4.78 is 6.87. The summed E-state index contributed by atoms with van der Waals surface area (Å²) >= 11 is 0. The van der Waals surface area contributed by atoms with Gasteiger partial charge in [-0.15, -0.1) is 0 Å². The lowest BCUT2D eigenvalue weighted by Gasteiger charge is -2.04. The first-order chi connectivity index (χ1) is 9.81. The maximum Gasteiger partial charge on any atom is 0.359 e. The molecule has 20 heavy (non-hydrogen) atoms. The molecule has 0 bridgehead atoms. The molecular weight excluding hydrogens is 254 g/mol. The Kier molecular flexibility index (Phi) is 3.16. The van der Waals surface area contributed by atoms with Gasteiger partial charge in [-0.2, -0.15) is 0 Å². The summed E-state index contributed by atoms with van der Waals surface area (Å²) in [5.74, 6) is 0.0475. The summed E-state index contributed by atoms with van der Waals surface area (Å²) in [6, 6.07) is 11.4. The molecule has 0 N–H and O–H groups in total. The molecule has 0 aliphatic carbocycles. The first kappa shape index (κ1) is 12.3. The van der Waals surface area contributed by atoms with Crippen LogP contribution in [0.15, 0.2) is 48.8 Å². The molecule has 0 saturated carbocycles. The van der Waals surface area contributed by atoms with Gasteiger partial charge in [-0.05, 0) is 13.0 Å². The van der Waals surface area contributed by atoms with E-state index in [4.69, 9.17) is 4.74 Å². The molecule has 2 aromatic heterocycles. The number of hydrogen-bond acceptors (Lipinski definition) is 4. The van der Waals surface area contributed by atoms with Gasteiger partial charge in [-0.1, -0.05) is 30.3 Å². The van der Waals surface area contributed by atoms with Gasteiger partial charge in [0.1, 0.15) is 0 Å². The number of benzene rings is 1. The van der Waals surface area contributed by atoms with Crippen LogP contribution < -0.4 is 0 Å². The van der Waals surface area contributed by atoms with E-state index in [1.165, 1.54) is 0 Å². The van der Waals surface area contributed by atoms with Crippen molar-refractivity contribution in [1.29, 1.82) is 0 Å². The molecule has 1 aromatic carbocycles. The van der Waals surface area contributed by atoms with Gasteiger partial charge in [0.2, 0.25) is 5.78 Å². The largest absolute Gasteiger partial charge is 0.461 e. The van der Waals surface area contributed by atoms with Crippen molar-refractivity contribution < 1.29 is 9.53 Å². The number of fused-ring (bicyclic) bond motifs is 1. The molecule has 5 nitrogen and oxygen atoms in total. The zero-order chi connectivity index (χ0) is 13.9. The molecule has 3 rings (SSSR count). The van der Waals surface area contributed by atoms with E-state index in [9.17, 15) is 4.79 Å². The molecule has 0 aliphatic rings. The van der Waals surface area contributed by atoms with Crippen LogP contribution in [0.2, 0.25) is 0 Å². The second kappa shape index (κ2) is 5.13. The van der Waals surface area contributed by atoms with Gasteiger partial charge in [0, 0.05) is 18.0 Å². The molecule has 0 saturated heterocycles. The van der Waals surface area contributed by atoms with E-state index in [1.807, 2.05) is 36.5 Å². The highest BCUT2D eigenvalue weighted by atomic mass is 16.5. The standard InChI is InChI=1S/C15H13N3O2/c1-2-20-14(19)12-13(11-7-4-3-5-8-11)18-10-6-9-16-15(18)17-12/h3-10H,2H2,1H3. The minimum Gasteiger partial charge on any atom is -0.461 e. The summed E-state index contributed by atoms with van der Waals surface area (Å²) in [7, 11) is 0. The van der Waals surface area contributed by atoms with E-state index < -0.39 is 5.97 Å². The molecule has 3 aromatic rings. The van der Waals surface area contributed by atoms with Crippen LogP contribution in [-0.4, -0.2) is 26.9 Å². The highest BCUT2D eigenvalue weighted by molar-refractivity contribution is 5.95. The van der Waals surface area contributed by atoms with Crippen molar-refractivity contribution in [1.82, 2.24) is 14.4 Å². The number of ether oxygens (including phenoxy) is 1. The Balaban J connectivity index is 2.26. The number of nitrogens with zero attached hydrogens (tertiary/aromatic N) is 3. The maximum absolute atomic E-state index is 12.1. The van der Waals surface area contributed by atoms with Crippen LogP contribution in [0.25, 0.3) is 17.0 Å². The van der Waals surface area contributed by atoms with E-state index >= 15 is 0 Å². The topological polar surface area (TPSA) is 56.5 Å². The molecule has 100 valence electrons. The van der Waals surface area contributed by atoms with Crippen molar-refractivity contribution in [3.8, 4) is 11.3 Å². The summed E-state index contributed by atoms with van der Waals surface area (Å²) in [5.41, 5.74) is 1.89. The van der Waals surface area contributed by atoms with Gasteiger partial charge in [0.15, 0.2) is 5.69 Å². The quantitative estimate of drug-likeness (QED) is 0.684. The summed E-state index contributed by atoms with van der Waals surface area (Å²) in [6.45, 7) is 2.09. The molecular formula is C15H13N3O2. The SMILES string of the molecule is CCOC(=O)c1nc2ncccn2c1-c1ccccc1. The number of imidazole rings is 1. The predicted octanol–water partition coefficient (Wildman–Crippen LogP) is 2.57. The lowest BCUT2D eigenvalue weighted by molar-refractivity contribution is 0.0521. The number of hydrogen-bond donors (Lipinski definition) is 0. The van der Waals surface area contributed by atoms with Crippen LogP contribution in [-0.2, 0) is 4.74 Å². The molecule has 2 heterocycles. The molecule has 0 fully saturated rings. The van der Waals surface area contributed by atoms with Crippen LogP contribution in [0.1, 0.15) is 17.4 Å². The Morgan fingerprint density at radius 3 is 2.80 bits per heavy atom. The molecule has 0 aliphatic heterocycles. The van der Waals surface area contributed by atoms with E-state index in [0.29, 0.717) is 18.1 Å². The second-order valence-corrected chi connectivity index (χ2v) is 4.19. The van der Waals surface area contributed by atoms with Gasteiger partial charge in [-0.3, -0.25) is 4.40 Å². The third kappa shape index (κ3) is 2.03. The molecule has 0 amide bonds. The van der Waals surface area contributed by atoms with Crippen LogP contribution in [0.5, 0.6) is 0 Å². The van der Waals surface area contributed by atoms with Crippen LogP contribution in [0.4, 0.5) is 0 Å². The van der Waals surface area contributed by atoms with E-state index in [2.05, 4.69) is 9.97 Å². The number of carbonyl (C=O) groups is 1. The van der Waals surface area contributed by atoms with Crippen LogP contribution in [0.3, 0.4) is 0 Å². The lowest BCUT2D eigenvalue weighted by atomic mass is 10.1. The Bertz CT molecular complexity index is 750. The minimum atomic E-state index is -0.433. The van der Waals surface area contributed by atoms with E-state index in [-0.39, 0.29) is 5.69 Å². The average molecular weight is 267 g/mol.